The van der Waals surface area contributed by atoms with Gasteiger partial charge < -0.3 is 24.1 Å². The predicted molar refractivity (Wildman–Crippen MR) is 131 cm³/mol. The third kappa shape index (κ3) is 4.93. The zero-order chi connectivity index (χ0) is 24.1. The Morgan fingerprint density at radius 1 is 1.03 bits per heavy atom. The van der Waals surface area contributed by atoms with E-state index in [2.05, 4.69) is 16.3 Å². The molecule has 8 heteroatoms. The molecule has 0 unspecified atom stereocenters. The topological polar surface area (TPSA) is 82.0 Å². The van der Waals surface area contributed by atoms with Gasteiger partial charge in [-0.1, -0.05) is 24.3 Å². The number of ether oxygens (including phenoxy) is 3. The van der Waals surface area contributed by atoms with Crippen molar-refractivity contribution in [2.75, 3.05) is 40.5 Å². The maximum atomic E-state index is 13.3. The van der Waals surface area contributed by atoms with Gasteiger partial charge in [0.2, 0.25) is 0 Å². The van der Waals surface area contributed by atoms with Gasteiger partial charge in [-0.3, -0.25) is 14.5 Å². The van der Waals surface area contributed by atoms with Crippen LogP contribution in [-0.4, -0.2) is 55.9 Å². The minimum atomic E-state index is -0.249. The first-order valence-corrected chi connectivity index (χ1v) is 11.5. The molecule has 8 nitrogen and oxygen atoms in total. The highest BCUT2D eigenvalue weighted by molar-refractivity contribution is 6.07. The van der Waals surface area contributed by atoms with E-state index in [4.69, 9.17) is 14.2 Å². The molecule has 4 rings (SSSR count). The third-order valence-electron chi connectivity index (χ3n) is 6.23. The molecule has 2 heterocycles. The Morgan fingerprint density at radius 3 is 2.32 bits per heavy atom. The Morgan fingerprint density at radius 2 is 1.68 bits per heavy atom. The first kappa shape index (κ1) is 23.8. The van der Waals surface area contributed by atoms with Gasteiger partial charge in [0.15, 0.2) is 11.5 Å². The molecule has 0 spiro atoms. The molecule has 0 atom stereocenters. The van der Waals surface area contributed by atoms with Crippen molar-refractivity contribution in [2.45, 2.75) is 26.6 Å². The van der Waals surface area contributed by atoms with Crippen molar-refractivity contribution in [1.29, 1.82) is 0 Å². The maximum absolute atomic E-state index is 13.3. The molecule has 1 N–H and O–H groups in total. The average Bonchev–Trinajstić information content (AvgIpc) is 2.88. The Kier molecular flexibility index (Phi) is 7.49. The molecule has 1 aliphatic rings. The van der Waals surface area contributed by atoms with Gasteiger partial charge in [0.05, 0.1) is 38.4 Å². The first-order valence-electron chi connectivity index (χ1n) is 11.5. The fraction of sp³-hybridized carbons (Fsp3) is 0.385. The highest BCUT2D eigenvalue weighted by atomic mass is 16.5. The van der Waals surface area contributed by atoms with Crippen LogP contribution in [-0.2, 0) is 24.4 Å². The summed E-state index contributed by atoms with van der Waals surface area (Å²) in [5.74, 6) is 0.665. The van der Waals surface area contributed by atoms with Crippen molar-refractivity contribution in [1.82, 2.24) is 14.8 Å². The Labute approximate surface area is 199 Å². The van der Waals surface area contributed by atoms with Crippen LogP contribution < -0.4 is 20.3 Å². The van der Waals surface area contributed by atoms with Crippen LogP contribution >= 0.6 is 0 Å². The second-order valence-corrected chi connectivity index (χ2v) is 8.23. The molecule has 2 aromatic carbocycles. The summed E-state index contributed by atoms with van der Waals surface area (Å²) in [6.07, 6.45) is 1.62. The number of carbonyl (C=O) groups is 1. The number of nitrogens with zero attached hydrogens (tertiary/aromatic N) is 2. The molecule has 0 saturated carbocycles. The zero-order valence-electron chi connectivity index (χ0n) is 19.9. The number of rotatable bonds is 8. The highest BCUT2D eigenvalue weighted by Crippen LogP contribution is 2.32. The van der Waals surface area contributed by atoms with Crippen LogP contribution in [0.5, 0.6) is 11.5 Å². The Balaban J connectivity index is 1.62. The average molecular weight is 466 g/mol. The standard InChI is InChI=1S/C26H31N3O5/c1-4-29-17-22(20-13-23(32-2)24(33-3)14-21(20)26(29)31)25(30)27-15-18-7-5-6-8-19(18)16-28-9-11-34-12-10-28/h5-8,13-14,17H,4,9-12,15-16H2,1-3H3,(H,27,30). The number of benzene rings is 2. The summed E-state index contributed by atoms with van der Waals surface area (Å²) in [5.41, 5.74) is 2.49. The van der Waals surface area contributed by atoms with E-state index in [9.17, 15) is 9.59 Å². The minimum absolute atomic E-state index is 0.175. The van der Waals surface area contributed by atoms with Crippen LogP contribution in [0.15, 0.2) is 47.4 Å². The van der Waals surface area contributed by atoms with Gasteiger partial charge in [0.25, 0.3) is 11.5 Å². The lowest BCUT2D eigenvalue weighted by Gasteiger charge is -2.27. The van der Waals surface area contributed by atoms with Gasteiger partial charge in [0, 0.05) is 44.3 Å². The van der Waals surface area contributed by atoms with Crippen LogP contribution in [0.4, 0.5) is 0 Å². The summed E-state index contributed by atoms with van der Waals surface area (Å²) in [7, 11) is 3.05. The van der Waals surface area contributed by atoms with Crippen molar-refractivity contribution >= 4 is 16.7 Å². The van der Waals surface area contributed by atoms with Crippen LogP contribution in [0.3, 0.4) is 0 Å². The van der Waals surface area contributed by atoms with Gasteiger partial charge in [-0.25, -0.2) is 0 Å². The molecule has 1 saturated heterocycles. The van der Waals surface area contributed by atoms with Crippen molar-refractivity contribution in [2.24, 2.45) is 0 Å². The molecule has 1 aromatic heterocycles. The normalized spacial score (nSPS) is 14.2. The number of amides is 1. The van der Waals surface area contributed by atoms with Gasteiger partial charge in [-0.2, -0.15) is 0 Å². The Hall–Kier alpha value is -3.36. The lowest BCUT2D eigenvalue weighted by molar-refractivity contribution is 0.0340. The van der Waals surface area contributed by atoms with Crippen LogP contribution in [0.1, 0.15) is 28.4 Å². The molecule has 34 heavy (non-hydrogen) atoms. The van der Waals surface area contributed by atoms with E-state index in [0.29, 0.717) is 40.9 Å². The van der Waals surface area contributed by atoms with E-state index in [1.165, 1.54) is 24.4 Å². The SMILES string of the molecule is CCn1cc(C(=O)NCc2ccccc2CN2CCOCC2)c2cc(OC)c(OC)cc2c1=O. The monoisotopic (exact) mass is 465 g/mol. The van der Waals surface area contributed by atoms with E-state index in [1.807, 2.05) is 25.1 Å². The fourth-order valence-corrected chi connectivity index (χ4v) is 4.29. The number of methoxy groups -OCH3 is 2. The largest absolute Gasteiger partial charge is 0.493 e. The summed E-state index contributed by atoms with van der Waals surface area (Å²) < 4.78 is 17.8. The van der Waals surface area contributed by atoms with Gasteiger partial charge in [-0.05, 0) is 30.2 Å². The molecular formula is C26H31N3O5. The Bertz CT molecular complexity index is 1230. The molecule has 0 aliphatic carbocycles. The van der Waals surface area contributed by atoms with Crippen LogP contribution in [0.25, 0.3) is 10.8 Å². The first-order chi connectivity index (χ1) is 16.5. The molecule has 0 bridgehead atoms. The van der Waals surface area contributed by atoms with Crippen molar-refractivity contribution in [3.05, 3.63) is 69.6 Å². The summed E-state index contributed by atoms with van der Waals surface area (Å²) in [4.78, 5) is 28.6. The van der Waals surface area contributed by atoms with E-state index >= 15 is 0 Å². The number of pyridine rings is 1. The number of morpholine rings is 1. The quantitative estimate of drug-likeness (QED) is 0.551. The number of hydrogen-bond donors (Lipinski definition) is 1. The van der Waals surface area contributed by atoms with Crippen LogP contribution in [0.2, 0.25) is 0 Å². The molecular weight excluding hydrogens is 434 g/mol. The minimum Gasteiger partial charge on any atom is -0.493 e. The molecule has 3 aromatic rings. The third-order valence-corrected chi connectivity index (χ3v) is 6.23. The number of aromatic nitrogens is 1. The number of nitrogens with one attached hydrogen (secondary N) is 1. The number of carbonyl (C=O) groups excluding carboxylic acids is 1. The summed E-state index contributed by atoms with van der Waals surface area (Å²) in [6, 6.07) is 11.5. The van der Waals surface area contributed by atoms with E-state index in [0.717, 1.165) is 38.4 Å². The van der Waals surface area contributed by atoms with Gasteiger partial charge >= 0.3 is 0 Å². The molecule has 180 valence electrons. The highest BCUT2D eigenvalue weighted by Gasteiger charge is 2.19. The number of aryl methyl sites for hydroxylation is 1. The van der Waals surface area contributed by atoms with E-state index in [1.54, 1.807) is 18.3 Å². The second-order valence-electron chi connectivity index (χ2n) is 8.23. The maximum Gasteiger partial charge on any atom is 0.258 e. The van der Waals surface area contributed by atoms with Crippen molar-refractivity contribution in [3.63, 3.8) is 0 Å². The summed E-state index contributed by atoms with van der Waals surface area (Å²) in [6.45, 7) is 6.81. The molecule has 1 aliphatic heterocycles. The molecule has 1 fully saturated rings. The number of fused-ring (bicyclic) bond motifs is 1. The van der Waals surface area contributed by atoms with Crippen molar-refractivity contribution < 1.29 is 19.0 Å². The molecule has 0 radical (unpaired) electrons. The van der Waals surface area contributed by atoms with Gasteiger partial charge in [-0.15, -0.1) is 0 Å². The fourth-order valence-electron chi connectivity index (χ4n) is 4.29. The van der Waals surface area contributed by atoms with Crippen molar-refractivity contribution in [3.8, 4) is 11.5 Å². The summed E-state index contributed by atoms with van der Waals surface area (Å²) in [5, 5.41) is 4.00. The van der Waals surface area contributed by atoms with E-state index in [-0.39, 0.29) is 11.5 Å². The van der Waals surface area contributed by atoms with E-state index < -0.39 is 0 Å². The second kappa shape index (κ2) is 10.7. The summed E-state index contributed by atoms with van der Waals surface area (Å²) >= 11 is 0. The van der Waals surface area contributed by atoms with Crippen LogP contribution in [0, 0.1) is 0 Å². The lowest BCUT2D eigenvalue weighted by atomic mass is 10.0. The number of hydrogen-bond acceptors (Lipinski definition) is 6. The lowest BCUT2D eigenvalue weighted by Crippen LogP contribution is -2.36. The zero-order valence-corrected chi connectivity index (χ0v) is 19.9. The smallest absolute Gasteiger partial charge is 0.258 e. The predicted octanol–water partition coefficient (Wildman–Crippen LogP) is 2.80. The molecule has 1 amide bonds. The van der Waals surface area contributed by atoms with Gasteiger partial charge in [0.1, 0.15) is 0 Å².